The molecular weight excluding hydrogens is 324 g/mol. The topological polar surface area (TPSA) is 66.5 Å². The Morgan fingerprint density at radius 2 is 1.77 bits per heavy atom. The average Bonchev–Trinajstić information content (AvgIpc) is 2.47. The maximum atomic E-state index is 12.5. The summed E-state index contributed by atoms with van der Waals surface area (Å²) < 4.78 is 24.9. The molecule has 2 rings (SSSR count). The van der Waals surface area contributed by atoms with Gasteiger partial charge < -0.3 is 4.90 Å². The fraction of sp³-hybridized carbons (Fsp3) is 0.133. The normalized spacial score (nSPS) is 11.0. The van der Waals surface area contributed by atoms with Gasteiger partial charge in [0.25, 0.3) is 5.91 Å². The van der Waals surface area contributed by atoms with Crippen molar-refractivity contribution in [2.45, 2.75) is 0 Å². The highest BCUT2D eigenvalue weighted by atomic mass is 35.5. The molecule has 1 amide bonds. The van der Waals surface area contributed by atoms with Gasteiger partial charge in [-0.1, -0.05) is 29.8 Å². The van der Waals surface area contributed by atoms with Gasteiger partial charge in [0, 0.05) is 18.3 Å². The van der Waals surface area contributed by atoms with Crippen molar-refractivity contribution in [3.8, 4) is 0 Å². The highest BCUT2D eigenvalue weighted by molar-refractivity contribution is 7.92. The van der Waals surface area contributed by atoms with E-state index in [0.29, 0.717) is 5.56 Å². The zero-order valence-electron chi connectivity index (χ0n) is 12.1. The van der Waals surface area contributed by atoms with E-state index < -0.39 is 10.0 Å². The smallest absolute Gasteiger partial charge is 0.258 e. The Bertz CT molecular complexity index is 792. The molecule has 22 heavy (non-hydrogen) atoms. The summed E-state index contributed by atoms with van der Waals surface area (Å²) in [7, 11) is -1.83. The van der Waals surface area contributed by atoms with Crippen molar-refractivity contribution in [1.82, 2.24) is 0 Å². The summed E-state index contributed by atoms with van der Waals surface area (Å²) in [4.78, 5) is 14.0. The van der Waals surface area contributed by atoms with Gasteiger partial charge in [-0.3, -0.25) is 9.52 Å². The van der Waals surface area contributed by atoms with Crippen molar-refractivity contribution < 1.29 is 13.2 Å². The molecule has 0 bridgehead atoms. The first kappa shape index (κ1) is 16.3. The summed E-state index contributed by atoms with van der Waals surface area (Å²) in [5, 5.41) is 0.226. The highest BCUT2D eigenvalue weighted by Crippen LogP contribution is 2.25. The van der Waals surface area contributed by atoms with E-state index >= 15 is 0 Å². The van der Waals surface area contributed by atoms with Crippen LogP contribution in [-0.4, -0.2) is 27.6 Å². The third-order valence-electron chi connectivity index (χ3n) is 2.96. The number of hydrogen-bond donors (Lipinski definition) is 1. The quantitative estimate of drug-likeness (QED) is 0.932. The fourth-order valence-corrected chi connectivity index (χ4v) is 2.69. The number of nitrogens with zero attached hydrogens (tertiary/aromatic N) is 1. The Morgan fingerprint density at radius 3 is 2.36 bits per heavy atom. The molecular formula is C15H15ClN2O3S. The number of benzene rings is 2. The van der Waals surface area contributed by atoms with Crippen molar-refractivity contribution in [2.24, 2.45) is 0 Å². The van der Waals surface area contributed by atoms with E-state index in [2.05, 4.69) is 4.72 Å². The van der Waals surface area contributed by atoms with Crippen LogP contribution in [0.2, 0.25) is 5.02 Å². The van der Waals surface area contributed by atoms with Crippen molar-refractivity contribution in [2.75, 3.05) is 22.9 Å². The lowest BCUT2D eigenvalue weighted by atomic mass is 10.1. The molecule has 0 saturated heterocycles. The molecule has 0 radical (unpaired) electrons. The predicted molar refractivity (Wildman–Crippen MR) is 89.1 cm³/mol. The number of hydrogen-bond acceptors (Lipinski definition) is 3. The van der Waals surface area contributed by atoms with Crippen molar-refractivity contribution >= 4 is 38.9 Å². The van der Waals surface area contributed by atoms with Crippen LogP contribution < -0.4 is 9.62 Å². The maximum Gasteiger partial charge on any atom is 0.258 e. The number of anilines is 2. The van der Waals surface area contributed by atoms with Crippen LogP contribution in [0.5, 0.6) is 0 Å². The Kier molecular flexibility index (Phi) is 4.73. The molecule has 0 saturated carbocycles. The molecule has 7 heteroatoms. The number of rotatable bonds is 4. The van der Waals surface area contributed by atoms with Crippen LogP contribution in [-0.2, 0) is 10.0 Å². The standard InChI is InChI=1S/C15H15ClN2O3S/c1-18(12-6-4-3-5-7-12)15(19)11-8-9-13(16)14(10-11)17-22(2,20)21/h3-10,17H,1-2H3. The molecule has 1 N–H and O–H groups in total. The number of carbonyl (C=O) groups is 1. The summed E-state index contributed by atoms with van der Waals surface area (Å²) >= 11 is 5.95. The summed E-state index contributed by atoms with van der Waals surface area (Å²) in [6.07, 6.45) is 1.02. The van der Waals surface area contributed by atoms with Crippen molar-refractivity contribution in [3.05, 3.63) is 59.1 Å². The highest BCUT2D eigenvalue weighted by Gasteiger charge is 2.16. The zero-order chi connectivity index (χ0) is 16.3. The Labute approximate surface area is 134 Å². The fourth-order valence-electron chi connectivity index (χ4n) is 1.90. The Morgan fingerprint density at radius 1 is 1.14 bits per heavy atom. The van der Waals surface area contributed by atoms with E-state index in [1.807, 2.05) is 30.3 Å². The lowest BCUT2D eigenvalue weighted by molar-refractivity contribution is 0.0993. The van der Waals surface area contributed by atoms with E-state index in [1.54, 1.807) is 13.1 Å². The van der Waals surface area contributed by atoms with E-state index in [9.17, 15) is 13.2 Å². The first-order valence-corrected chi connectivity index (χ1v) is 8.65. The van der Waals surface area contributed by atoms with Gasteiger partial charge >= 0.3 is 0 Å². The average molecular weight is 339 g/mol. The molecule has 0 aliphatic carbocycles. The van der Waals surface area contributed by atoms with Gasteiger partial charge in [-0.05, 0) is 30.3 Å². The molecule has 0 aromatic heterocycles. The molecule has 5 nitrogen and oxygen atoms in total. The number of sulfonamides is 1. The molecule has 0 unspecified atom stereocenters. The second-order valence-electron chi connectivity index (χ2n) is 4.77. The van der Waals surface area contributed by atoms with Gasteiger partial charge in [-0.2, -0.15) is 0 Å². The molecule has 0 aliphatic heterocycles. The second-order valence-corrected chi connectivity index (χ2v) is 6.92. The zero-order valence-corrected chi connectivity index (χ0v) is 13.6. The Hall–Kier alpha value is -2.05. The SMILES string of the molecule is CN(C(=O)c1ccc(Cl)c(NS(C)(=O)=O)c1)c1ccccc1. The monoisotopic (exact) mass is 338 g/mol. The van der Waals surface area contributed by atoms with E-state index in [1.165, 1.54) is 17.0 Å². The van der Waals surface area contributed by atoms with E-state index in [-0.39, 0.29) is 16.6 Å². The van der Waals surface area contributed by atoms with Crippen LogP contribution in [0.15, 0.2) is 48.5 Å². The van der Waals surface area contributed by atoms with Gasteiger partial charge in [-0.15, -0.1) is 0 Å². The Balaban J connectivity index is 2.33. The van der Waals surface area contributed by atoms with E-state index in [0.717, 1.165) is 11.9 Å². The predicted octanol–water partition coefficient (Wildman–Crippen LogP) is 2.99. The summed E-state index contributed by atoms with van der Waals surface area (Å²) in [5.41, 5.74) is 1.25. The molecule has 0 spiro atoms. The van der Waals surface area contributed by atoms with Crippen LogP contribution in [0.4, 0.5) is 11.4 Å². The lowest BCUT2D eigenvalue weighted by Crippen LogP contribution is -2.26. The first-order valence-electron chi connectivity index (χ1n) is 6.38. The third kappa shape index (κ3) is 3.99. The minimum absolute atomic E-state index is 0.177. The molecule has 2 aromatic rings. The number of amides is 1. The van der Waals surface area contributed by atoms with Crippen LogP contribution in [0, 0.1) is 0 Å². The largest absolute Gasteiger partial charge is 0.311 e. The van der Waals surface area contributed by atoms with Crippen LogP contribution in [0.25, 0.3) is 0 Å². The molecule has 0 atom stereocenters. The number of carbonyl (C=O) groups excluding carboxylic acids is 1. The number of halogens is 1. The van der Waals surface area contributed by atoms with Crippen molar-refractivity contribution in [3.63, 3.8) is 0 Å². The summed E-state index contributed by atoms with van der Waals surface area (Å²) in [6.45, 7) is 0. The van der Waals surface area contributed by atoms with Gasteiger partial charge in [0.05, 0.1) is 17.0 Å². The van der Waals surface area contributed by atoms with Crippen molar-refractivity contribution in [1.29, 1.82) is 0 Å². The summed E-state index contributed by atoms with van der Waals surface area (Å²) in [6, 6.07) is 13.6. The maximum absolute atomic E-state index is 12.5. The van der Waals surface area contributed by atoms with E-state index in [4.69, 9.17) is 11.6 Å². The summed E-state index contributed by atoms with van der Waals surface area (Å²) in [5.74, 6) is -0.264. The van der Waals surface area contributed by atoms with Crippen LogP contribution in [0.1, 0.15) is 10.4 Å². The molecule has 2 aromatic carbocycles. The van der Waals surface area contributed by atoms with Crippen LogP contribution in [0.3, 0.4) is 0 Å². The minimum atomic E-state index is -3.47. The minimum Gasteiger partial charge on any atom is -0.311 e. The second kappa shape index (κ2) is 6.37. The van der Waals surface area contributed by atoms with Crippen LogP contribution >= 0.6 is 11.6 Å². The number of nitrogens with one attached hydrogen (secondary N) is 1. The lowest BCUT2D eigenvalue weighted by Gasteiger charge is -2.18. The molecule has 116 valence electrons. The number of para-hydroxylation sites is 1. The molecule has 0 fully saturated rings. The molecule has 0 heterocycles. The third-order valence-corrected chi connectivity index (χ3v) is 3.88. The van der Waals surface area contributed by atoms with Gasteiger partial charge in [0.1, 0.15) is 0 Å². The van der Waals surface area contributed by atoms with Gasteiger partial charge in [0.15, 0.2) is 0 Å². The first-order chi connectivity index (χ1) is 10.3. The van der Waals surface area contributed by atoms with Gasteiger partial charge in [-0.25, -0.2) is 8.42 Å². The molecule has 0 aliphatic rings. The van der Waals surface area contributed by atoms with Gasteiger partial charge in [0.2, 0.25) is 10.0 Å².